The Morgan fingerprint density at radius 3 is 2.71 bits per heavy atom. The first-order chi connectivity index (χ1) is 6.61. The van der Waals surface area contributed by atoms with Gasteiger partial charge in [-0.05, 0) is 34.1 Å². The topological polar surface area (TPSA) is 17.8 Å². The first kappa shape index (κ1) is 9.96. The van der Waals surface area contributed by atoms with Gasteiger partial charge in [0.05, 0.1) is 11.7 Å². The van der Waals surface area contributed by atoms with E-state index in [0.29, 0.717) is 5.92 Å². The summed E-state index contributed by atoms with van der Waals surface area (Å²) < 4.78 is 3.28. The van der Waals surface area contributed by atoms with Crippen molar-refractivity contribution in [2.75, 3.05) is 0 Å². The molecule has 0 unspecified atom stereocenters. The third-order valence-electron chi connectivity index (χ3n) is 2.49. The maximum atomic E-state index is 4.27. The average Bonchev–Trinajstić information content (AvgIpc) is 2.48. The van der Waals surface area contributed by atoms with Crippen LogP contribution in [0.2, 0.25) is 0 Å². The number of rotatable bonds is 1. The van der Waals surface area contributed by atoms with Gasteiger partial charge in [-0.1, -0.05) is 26.0 Å². The molecular weight excluding hydrogens is 287 g/mol. The molecule has 0 amide bonds. The summed E-state index contributed by atoms with van der Waals surface area (Å²) in [5.74, 6) is 0.571. The van der Waals surface area contributed by atoms with E-state index in [1.165, 1.54) is 20.0 Å². The first-order valence-corrected chi connectivity index (χ1v) is 5.79. The molecule has 2 nitrogen and oxygen atoms in total. The molecule has 0 fully saturated rings. The monoisotopic (exact) mass is 300 g/mol. The highest BCUT2D eigenvalue weighted by Crippen LogP contribution is 2.28. The van der Waals surface area contributed by atoms with Crippen LogP contribution in [0.3, 0.4) is 0 Å². The Morgan fingerprint density at radius 1 is 1.36 bits per heavy atom. The molecule has 3 heteroatoms. The number of hydrogen-bond acceptors (Lipinski definition) is 1. The quantitative estimate of drug-likeness (QED) is 0.739. The lowest BCUT2D eigenvalue weighted by Gasteiger charge is -2.09. The summed E-state index contributed by atoms with van der Waals surface area (Å²) in [6, 6.07) is 4.36. The highest BCUT2D eigenvalue weighted by Gasteiger charge is 2.10. The third kappa shape index (κ3) is 1.43. The van der Waals surface area contributed by atoms with Crippen LogP contribution in [0.1, 0.15) is 25.3 Å². The molecule has 14 heavy (non-hydrogen) atoms. The third-order valence-corrected chi connectivity index (χ3v) is 3.63. The highest BCUT2D eigenvalue weighted by molar-refractivity contribution is 14.1. The van der Waals surface area contributed by atoms with Gasteiger partial charge < -0.3 is 0 Å². The predicted molar refractivity (Wildman–Crippen MR) is 67.5 cm³/mol. The van der Waals surface area contributed by atoms with E-state index in [-0.39, 0.29) is 0 Å². The van der Waals surface area contributed by atoms with Gasteiger partial charge in [0.1, 0.15) is 0 Å². The fourth-order valence-electron chi connectivity index (χ4n) is 1.68. The van der Waals surface area contributed by atoms with Crippen LogP contribution >= 0.6 is 22.6 Å². The van der Waals surface area contributed by atoms with Gasteiger partial charge in [-0.2, -0.15) is 5.10 Å². The molecule has 0 radical (unpaired) electrons. The molecule has 0 aliphatic heterocycles. The normalized spacial score (nSPS) is 11.5. The minimum Gasteiger partial charge on any atom is -0.267 e. The fraction of sp³-hybridized carbons (Fsp3) is 0.364. The van der Waals surface area contributed by atoms with Crippen molar-refractivity contribution in [3.8, 4) is 0 Å². The SMILES string of the molecule is CC(C)c1ccc2cnn(C)c2c1I. The van der Waals surface area contributed by atoms with Crippen LogP contribution in [0.5, 0.6) is 0 Å². The van der Waals surface area contributed by atoms with E-state index < -0.39 is 0 Å². The van der Waals surface area contributed by atoms with E-state index in [4.69, 9.17) is 0 Å². The Hall–Kier alpha value is -0.580. The molecular formula is C11H13IN2. The molecule has 1 aromatic heterocycles. The second-order valence-electron chi connectivity index (χ2n) is 3.83. The molecule has 1 aromatic carbocycles. The molecule has 0 spiro atoms. The average molecular weight is 300 g/mol. The molecule has 0 bridgehead atoms. The Morgan fingerprint density at radius 2 is 2.07 bits per heavy atom. The van der Waals surface area contributed by atoms with E-state index in [1.54, 1.807) is 0 Å². The summed E-state index contributed by atoms with van der Waals surface area (Å²) >= 11 is 2.42. The lowest BCUT2D eigenvalue weighted by atomic mass is 10.0. The minimum atomic E-state index is 0.571. The van der Waals surface area contributed by atoms with E-state index >= 15 is 0 Å². The Bertz CT molecular complexity index is 471. The molecule has 0 N–H and O–H groups in total. The second-order valence-corrected chi connectivity index (χ2v) is 4.91. The summed E-state index contributed by atoms with van der Waals surface area (Å²) in [5, 5.41) is 5.49. The van der Waals surface area contributed by atoms with Gasteiger partial charge in [-0.25, -0.2) is 0 Å². The zero-order valence-electron chi connectivity index (χ0n) is 8.58. The number of aryl methyl sites for hydroxylation is 1. The number of hydrogen-bond donors (Lipinski definition) is 0. The maximum absolute atomic E-state index is 4.27. The van der Waals surface area contributed by atoms with Crippen molar-refractivity contribution in [1.82, 2.24) is 9.78 Å². The lowest BCUT2D eigenvalue weighted by molar-refractivity contribution is 0.791. The second kappa shape index (κ2) is 3.53. The van der Waals surface area contributed by atoms with Crippen molar-refractivity contribution in [2.24, 2.45) is 7.05 Å². The zero-order chi connectivity index (χ0) is 10.3. The predicted octanol–water partition coefficient (Wildman–Crippen LogP) is 3.30. The van der Waals surface area contributed by atoms with Gasteiger partial charge in [0.2, 0.25) is 0 Å². The molecule has 2 aromatic rings. The van der Waals surface area contributed by atoms with Crippen molar-refractivity contribution >= 4 is 33.5 Å². The van der Waals surface area contributed by atoms with Crippen molar-refractivity contribution in [1.29, 1.82) is 0 Å². The largest absolute Gasteiger partial charge is 0.267 e. The Kier molecular flexibility index (Phi) is 2.51. The number of halogens is 1. The lowest BCUT2D eigenvalue weighted by Crippen LogP contribution is -1.96. The number of benzene rings is 1. The van der Waals surface area contributed by atoms with Crippen LogP contribution in [0, 0.1) is 3.57 Å². The van der Waals surface area contributed by atoms with Crippen LogP contribution in [-0.2, 0) is 7.05 Å². The van der Waals surface area contributed by atoms with Crippen molar-refractivity contribution < 1.29 is 0 Å². The standard InChI is InChI=1S/C11H13IN2/c1-7(2)9-5-4-8-6-13-14(3)11(8)10(9)12/h4-7H,1-3H3. The number of fused-ring (bicyclic) bond motifs is 1. The van der Waals surface area contributed by atoms with Crippen molar-refractivity contribution in [3.63, 3.8) is 0 Å². The molecule has 0 saturated heterocycles. The zero-order valence-corrected chi connectivity index (χ0v) is 10.7. The number of nitrogens with zero attached hydrogens (tertiary/aromatic N) is 2. The van der Waals surface area contributed by atoms with Gasteiger partial charge >= 0.3 is 0 Å². The number of aromatic nitrogens is 2. The summed E-state index contributed by atoms with van der Waals surface area (Å²) in [6.45, 7) is 4.44. The van der Waals surface area contributed by atoms with E-state index in [0.717, 1.165) is 0 Å². The van der Waals surface area contributed by atoms with Crippen molar-refractivity contribution in [3.05, 3.63) is 27.5 Å². The van der Waals surface area contributed by atoms with E-state index in [9.17, 15) is 0 Å². The maximum Gasteiger partial charge on any atom is 0.0815 e. The van der Waals surface area contributed by atoms with E-state index in [2.05, 4.69) is 53.7 Å². The summed E-state index contributed by atoms with van der Waals surface area (Å²) in [5.41, 5.74) is 2.65. The summed E-state index contributed by atoms with van der Waals surface area (Å²) in [6.07, 6.45) is 1.92. The molecule has 2 rings (SSSR count). The first-order valence-electron chi connectivity index (χ1n) is 4.71. The van der Waals surface area contributed by atoms with Crippen LogP contribution in [0.15, 0.2) is 18.3 Å². The van der Waals surface area contributed by atoms with Gasteiger partial charge in [-0.15, -0.1) is 0 Å². The molecule has 1 heterocycles. The van der Waals surface area contributed by atoms with Crippen LogP contribution in [0.25, 0.3) is 10.9 Å². The smallest absolute Gasteiger partial charge is 0.0815 e. The summed E-state index contributed by atoms with van der Waals surface area (Å²) in [4.78, 5) is 0. The molecule has 0 saturated carbocycles. The fourth-order valence-corrected chi connectivity index (χ4v) is 3.14. The van der Waals surface area contributed by atoms with Crippen LogP contribution < -0.4 is 0 Å². The Labute approximate surface area is 97.4 Å². The van der Waals surface area contributed by atoms with Gasteiger partial charge in [-0.3, -0.25) is 4.68 Å². The molecule has 0 aliphatic rings. The Balaban J connectivity index is 2.79. The molecule has 0 aliphatic carbocycles. The molecule has 74 valence electrons. The van der Waals surface area contributed by atoms with Gasteiger partial charge in [0.15, 0.2) is 0 Å². The highest BCUT2D eigenvalue weighted by atomic mass is 127. The van der Waals surface area contributed by atoms with Crippen LogP contribution in [0.4, 0.5) is 0 Å². The molecule has 0 atom stereocenters. The van der Waals surface area contributed by atoms with Crippen LogP contribution in [-0.4, -0.2) is 9.78 Å². The van der Waals surface area contributed by atoms with Gasteiger partial charge in [0.25, 0.3) is 0 Å². The van der Waals surface area contributed by atoms with Crippen molar-refractivity contribution in [2.45, 2.75) is 19.8 Å². The van der Waals surface area contributed by atoms with Gasteiger partial charge in [0, 0.05) is 16.0 Å². The minimum absolute atomic E-state index is 0.571. The van der Waals surface area contributed by atoms with E-state index in [1.807, 2.05) is 17.9 Å². The summed E-state index contributed by atoms with van der Waals surface area (Å²) in [7, 11) is 1.99.